The molecule has 0 radical (unpaired) electrons. The summed E-state index contributed by atoms with van der Waals surface area (Å²) in [6.45, 7) is 17.4. The molecule has 0 aromatic carbocycles. The number of hydrogen-bond acceptors (Lipinski definition) is 5. The molecule has 244 valence electrons. The first kappa shape index (κ1) is 33.0. The lowest BCUT2D eigenvalue weighted by atomic mass is 9.47. The molecule has 8 atom stereocenters. The maximum Gasteiger partial charge on any atom is 0.306 e. The first-order chi connectivity index (χ1) is 20.6. The van der Waals surface area contributed by atoms with Crippen LogP contribution in [0.3, 0.4) is 0 Å². The van der Waals surface area contributed by atoms with E-state index in [-0.39, 0.29) is 36.2 Å². The predicted octanol–water partition coefficient (Wildman–Crippen LogP) is 6.74. The van der Waals surface area contributed by atoms with E-state index in [4.69, 9.17) is 4.74 Å². The molecule has 5 aliphatic rings. The molecule has 5 rings (SSSR count). The third-order valence-electron chi connectivity index (χ3n) is 13.0. The van der Waals surface area contributed by atoms with Gasteiger partial charge in [-0.1, -0.05) is 65.5 Å². The van der Waals surface area contributed by atoms with Crippen molar-refractivity contribution in [1.82, 2.24) is 15.5 Å². The molecule has 4 aliphatic carbocycles. The van der Waals surface area contributed by atoms with Gasteiger partial charge in [-0.15, -0.1) is 0 Å². The Hall–Kier alpha value is -1.40. The normalized spacial score (nSPS) is 37.2. The Morgan fingerprint density at radius 2 is 1.67 bits per heavy atom. The standard InChI is InChI=1S/C37H63N3O3/c1-26(2)7-6-8-27(3)31-11-12-32-30-10-9-28-25-29(15-17-36(28,4)33(30)16-18-37(31,32)5)43-35(42)14-13-34(41)40-23-21-38-19-20-39-22-24-40/h9,26-27,29-33,38-39H,6-8,10-25H2,1-5H3/t27-,29+,30+,31-,32+,33+,36+,37-/m1/s1. The predicted molar refractivity (Wildman–Crippen MR) is 174 cm³/mol. The van der Waals surface area contributed by atoms with Crippen molar-refractivity contribution in [2.24, 2.45) is 46.3 Å². The third-order valence-corrected chi connectivity index (χ3v) is 13.0. The molecule has 43 heavy (non-hydrogen) atoms. The summed E-state index contributed by atoms with van der Waals surface area (Å²) in [4.78, 5) is 27.5. The molecule has 0 aromatic rings. The molecule has 4 fully saturated rings. The number of nitrogens with zero attached hydrogens (tertiary/aromatic N) is 1. The van der Waals surface area contributed by atoms with Crippen molar-refractivity contribution in [3.05, 3.63) is 11.6 Å². The van der Waals surface area contributed by atoms with Gasteiger partial charge < -0.3 is 20.3 Å². The minimum atomic E-state index is -0.204. The first-order valence-corrected chi connectivity index (χ1v) is 18.2. The van der Waals surface area contributed by atoms with Gasteiger partial charge in [-0.25, -0.2) is 0 Å². The second-order valence-corrected chi connectivity index (χ2v) is 16.0. The van der Waals surface area contributed by atoms with Gasteiger partial charge in [0.2, 0.25) is 5.91 Å². The SMILES string of the molecule is CC(C)CCC[C@@H](C)[C@H]1CC[C@H]2[C@@H]3CC=C4C[C@@H](OC(=O)CCC(=O)N5CCNCCNCC5)CC[C@]4(C)[C@H]3CC[C@]12C. The van der Waals surface area contributed by atoms with Crippen molar-refractivity contribution in [2.75, 3.05) is 39.3 Å². The van der Waals surface area contributed by atoms with E-state index < -0.39 is 0 Å². The van der Waals surface area contributed by atoms with Crippen LogP contribution >= 0.6 is 0 Å². The number of fused-ring (bicyclic) bond motifs is 5. The molecular weight excluding hydrogens is 534 g/mol. The highest BCUT2D eigenvalue weighted by Crippen LogP contribution is 2.67. The summed E-state index contributed by atoms with van der Waals surface area (Å²) in [6.07, 6.45) is 17.0. The van der Waals surface area contributed by atoms with E-state index in [1.807, 2.05) is 4.90 Å². The van der Waals surface area contributed by atoms with Crippen LogP contribution in [0, 0.1) is 46.3 Å². The van der Waals surface area contributed by atoms with Crippen LogP contribution in [0.15, 0.2) is 11.6 Å². The average molecular weight is 598 g/mol. The summed E-state index contributed by atoms with van der Waals surface area (Å²) in [5.41, 5.74) is 2.34. The lowest BCUT2D eigenvalue weighted by molar-refractivity contribution is -0.153. The van der Waals surface area contributed by atoms with Gasteiger partial charge in [-0.05, 0) is 91.3 Å². The quantitative estimate of drug-likeness (QED) is 0.228. The van der Waals surface area contributed by atoms with E-state index in [0.29, 0.717) is 18.5 Å². The van der Waals surface area contributed by atoms with Gasteiger partial charge in [0.25, 0.3) is 0 Å². The van der Waals surface area contributed by atoms with Crippen LogP contribution in [-0.2, 0) is 14.3 Å². The summed E-state index contributed by atoms with van der Waals surface area (Å²) < 4.78 is 6.02. The summed E-state index contributed by atoms with van der Waals surface area (Å²) in [5, 5.41) is 6.70. The monoisotopic (exact) mass is 597 g/mol. The van der Waals surface area contributed by atoms with Crippen LogP contribution in [0.25, 0.3) is 0 Å². The van der Waals surface area contributed by atoms with E-state index in [1.54, 1.807) is 5.57 Å². The largest absolute Gasteiger partial charge is 0.462 e. The Balaban J connectivity index is 1.13. The van der Waals surface area contributed by atoms with E-state index in [9.17, 15) is 9.59 Å². The highest BCUT2D eigenvalue weighted by atomic mass is 16.5. The molecule has 0 bridgehead atoms. The maximum atomic E-state index is 12.9. The number of carbonyl (C=O) groups excluding carboxylic acids is 2. The molecule has 1 aliphatic heterocycles. The van der Waals surface area contributed by atoms with Crippen LogP contribution in [0.2, 0.25) is 0 Å². The van der Waals surface area contributed by atoms with Crippen molar-refractivity contribution in [3.8, 4) is 0 Å². The van der Waals surface area contributed by atoms with Crippen LogP contribution < -0.4 is 10.6 Å². The van der Waals surface area contributed by atoms with Crippen LogP contribution in [-0.4, -0.2) is 62.1 Å². The van der Waals surface area contributed by atoms with Gasteiger partial charge in [-0.2, -0.15) is 0 Å². The van der Waals surface area contributed by atoms with Gasteiger partial charge in [0.15, 0.2) is 0 Å². The number of ether oxygens (including phenoxy) is 1. The fraction of sp³-hybridized carbons (Fsp3) is 0.892. The number of esters is 1. The second-order valence-electron chi connectivity index (χ2n) is 16.0. The Kier molecular flexibility index (Phi) is 11.0. The minimum Gasteiger partial charge on any atom is -0.462 e. The number of amides is 1. The Labute approximate surface area is 262 Å². The number of nitrogens with one attached hydrogen (secondary N) is 2. The molecule has 1 amide bonds. The number of hydrogen-bond donors (Lipinski definition) is 2. The average Bonchev–Trinajstić information content (AvgIpc) is 3.39. The maximum absolute atomic E-state index is 12.9. The number of carbonyl (C=O) groups is 2. The van der Waals surface area contributed by atoms with Gasteiger partial charge in [0, 0.05) is 52.1 Å². The van der Waals surface area contributed by atoms with Gasteiger partial charge in [0.05, 0.1) is 6.42 Å². The number of rotatable bonds is 9. The van der Waals surface area contributed by atoms with E-state index in [0.717, 1.165) is 80.9 Å². The fourth-order valence-corrected chi connectivity index (χ4v) is 10.6. The summed E-state index contributed by atoms with van der Waals surface area (Å²) in [6, 6.07) is 0. The zero-order chi connectivity index (χ0) is 30.6. The molecular formula is C37H63N3O3. The topological polar surface area (TPSA) is 70.7 Å². The Bertz CT molecular complexity index is 986. The van der Waals surface area contributed by atoms with E-state index in [2.05, 4.69) is 51.3 Å². The molecule has 3 saturated carbocycles. The number of allylic oxidation sites excluding steroid dienone is 1. The highest BCUT2D eigenvalue weighted by Gasteiger charge is 2.59. The summed E-state index contributed by atoms with van der Waals surface area (Å²) >= 11 is 0. The van der Waals surface area contributed by atoms with Crippen molar-refractivity contribution in [1.29, 1.82) is 0 Å². The van der Waals surface area contributed by atoms with E-state index >= 15 is 0 Å². The minimum absolute atomic E-state index is 0.0338. The lowest BCUT2D eigenvalue weighted by Crippen LogP contribution is -2.51. The van der Waals surface area contributed by atoms with Crippen molar-refractivity contribution < 1.29 is 14.3 Å². The lowest BCUT2D eigenvalue weighted by Gasteiger charge is -2.58. The van der Waals surface area contributed by atoms with Crippen LogP contribution in [0.4, 0.5) is 0 Å². The summed E-state index contributed by atoms with van der Waals surface area (Å²) in [5.74, 6) is 4.89. The van der Waals surface area contributed by atoms with E-state index in [1.165, 1.54) is 51.4 Å². The zero-order valence-corrected chi connectivity index (χ0v) is 28.2. The molecule has 1 heterocycles. The van der Waals surface area contributed by atoms with Gasteiger partial charge >= 0.3 is 5.97 Å². The van der Waals surface area contributed by atoms with Crippen LogP contribution in [0.5, 0.6) is 0 Å². The molecule has 6 heteroatoms. The molecule has 1 saturated heterocycles. The zero-order valence-electron chi connectivity index (χ0n) is 28.2. The molecule has 2 N–H and O–H groups in total. The fourth-order valence-electron chi connectivity index (χ4n) is 10.6. The highest BCUT2D eigenvalue weighted by molar-refractivity contribution is 5.81. The third kappa shape index (κ3) is 7.37. The van der Waals surface area contributed by atoms with Crippen molar-refractivity contribution >= 4 is 11.9 Å². The molecule has 0 aromatic heterocycles. The van der Waals surface area contributed by atoms with Gasteiger partial charge in [0.1, 0.15) is 6.10 Å². The Morgan fingerprint density at radius 1 is 0.930 bits per heavy atom. The van der Waals surface area contributed by atoms with Gasteiger partial charge in [-0.3, -0.25) is 9.59 Å². The summed E-state index contributed by atoms with van der Waals surface area (Å²) in [7, 11) is 0. The second kappa shape index (κ2) is 14.4. The van der Waals surface area contributed by atoms with Crippen LogP contribution in [0.1, 0.15) is 118 Å². The smallest absolute Gasteiger partial charge is 0.306 e. The first-order valence-electron chi connectivity index (χ1n) is 18.2. The van der Waals surface area contributed by atoms with Crippen molar-refractivity contribution in [3.63, 3.8) is 0 Å². The molecule has 0 unspecified atom stereocenters. The molecule has 0 spiro atoms. The van der Waals surface area contributed by atoms with Crippen molar-refractivity contribution in [2.45, 2.75) is 124 Å². The molecule has 6 nitrogen and oxygen atoms in total. The Morgan fingerprint density at radius 3 is 2.40 bits per heavy atom.